The van der Waals surface area contributed by atoms with Gasteiger partial charge in [-0.2, -0.15) is 0 Å². The third kappa shape index (κ3) is 6.15. The lowest BCUT2D eigenvalue weighted by molar-refractivity contribution is -0.124. The molecule has 5 N–H and O–H groups in total. The Labute approximate surface area is 216 Å². The SMILES string of the molecule is CC(=O)NCCNC(=O)C1NC(CC(C)(C)C)C(N)(c2ccc(Cl)cc2)C1c1cccc(Cl)c1F. The molecule has 6 nitrogen and oxygen atoms in total. The fraction of sp³-hybridized carbons (Fsp3) is 0.462. The Morgan fingerprint density at radius 2 is 1.71 bits per heavy atom. The molecule has 0 radical (unpaired) electrons. The van der Waals surface area contributed by atoms with Crippen LogP contribution in [0.4, 0.5) is 4.39 Å². The molecule has 1 fully saturated rings. The van der Waals surface area contributed by atoms with E-state index >= 15 is 4.39 Å². The molecule has 0 saturated carbocycles. The van der Waals surface area contributed by atoms with Crippen molar-refractivity contribution >= 4 is 35.0 Å². The predicted molar refractivity (Wildman–Crippen MR) is 138 cm³/mol. The number of hydrogen-bond donors (Lipinski definition) is 4. The maximum absolute atomic E-state index is 15.5. The first kappa shape index (κ1) is 27.4. The van der Waals surface area contributed by atoms with Gasteiger partial charge in [0.1, 0.15) is 5.82 Å². The quantitative estimate of drug-likeness (QED) is 0.411. The first-order chi connectivity index (χ1) is 16.3. The second-order valence-electron chi connectivity index (χ2n) is 10.3. The lowest BCUT2D eigenvalue weighted by atomic mass is 9.68. The van der Waals surface area contributed by atoms with Gasteiger partial charge in [-0.3, -0.25) is 9.59 Å². The third-order valence-electron chi connectivity index (χ3n) is 6.36. The molecule has 4 unspecified atom stereocenters. The summed E-state index contributed by atoms with van der Waals surface area (Å²) in [4.78, 5) is 24.6. The van der Waals surface area contributed by atoms with Crippen LogP contribution in [-0.4, -0.2) is 37.0 Å². The first-order valence-electron chi connectivity index (χ1n) is 11.6. The van der Waals surface area contributed by atoms with Crippen LogP contribution in [0, 0.1) is 11.2 Å². The molecule has 0 aliphatic carbocycles. The van der Waals surface area contributed by atoms with Crippen molar-refractivity contribution in [2.75, 3.05) is 13.1 Å². The van der Waals surface area contributed by atoms with E-state index in [0.717, 1.165) is 5.56 Å². The summed E-state index contributed by atoms with van der Waals surface area (Å²) in [5.41, 5.74) is 6.96. The molecule has 190 valence electrons. The summed E-state index contributed by atoms with van der Waals surface area (Å²) in [6.45, 7) is 8.18. The molecule has 0 bridgehead atoms. The highest BCUT2D eigenvalue weighted by Crippen LogP contribution is 2.49. The molecule has 4 atom stereocenters. The Bertz CT molecular complexity index is 1070. The Hall–Kier alpha value is -2.19. The topological polar surface area (TPSA) is 96.2 Å². The number of rotatable bonds is 7. The van der Waals surface area contributed by atoms with E-state index in [1.165, 1.54) is 13.0 Å². The summed E-state index contributed by atoms with van der Waals surface area (Å²) in [5.74, 6) is -1.89. The highest BCUT2D eigenvalue weighted by atomic mass is 35.5. The Balaban J connectivity index is 2.11. The van der Waals surface area contributed by atoms with Gasteiger partial charge in [-0.15, -0.1) is 0 Å². The number of nitrogens with two attached hydrogens (primary N) is 1. The maximum atomic E-state index is 15.5. The van der Waals surface area contributed by atoms with E-state index in [-0.39, 0.29) is 46.9 Å². The average Bonchev–Trinajstić information content (AvgIpc) is 3.05. The van der Waals surface area contributed by atoms with Crippen molar-refractivity contribution < 1.29 is 14.0 Å². The summed E-state index contributed by atoms with van der Waals surface area (Å²) >= 11 is 12.3. The Kier molecular flexibility index (Phi) is 8.48. The molecule has 1 saturated heterocycles. The van der Waals surface area contributed by atoms with Gasteiger partial charge in [0, 0.05) is 37.0 Å². The van der Waals surface area contributed by atoms with E-state index in [0.29, 0.717) is 11.4 Å². The van der Waals surface area contributed by atoms with Crippen LogP contribution in [0.1, 0.15) is 51.2 Å². The number of amides is 2. The summed E-state index contributed by atoms with van der Waals surface area (Å²) in [6, 6.07) is 10.7. The largest absolute Gasteiger partial charge is 0.355 e. The van der Waals surface area contributed by atoms with E-state index in [4.69, 9.17) is 28.9 Å². The van der Waals surface area contributed by atoms with Gasteiger partial charge in [-0.25, -0.2) is 4.39 Å². The van der Waals surface area contributed by atoms with Gasteiger partial charge in [0.15, 0.2) is 0 Å². The molecule has 3 rings (SSSR count). The van der Waals surface area contributed by atoms with Crippen LogP contribution in [0.3, 0.4) is 0 Å². The van der Waals surface area contributed by atoms with Crippen LogP contribution >= 0.6 is 23.2 Å². The number of nitrogens with one attached hydrogen (secondary N) is 3. The molecule has 1 aliphatic heterocycles. The van der Waals surface area contributed by atoms with Gasteiger partial charge >= 0.3 is 0 Å². The smallest absolute Gasteiger partial charge is 0.237 e. The number of halogens is 3. The zero-order chi connectivity index (χ0) is 26.0. The van der Waals surface area contributed by atoms with Crippen molar-refractivity contribution in [1.82, 2.24) is 16.0 Å². The lowest BCUT2D eigenvalue weighted by Crippen LogP contribution is -2.52. The second-order valence-corrected chi connectivity index (χ2v) is 11.1. The van der Waals surface area contributed by atoms with E-state index in [1.54, 1.807) is 24.3 Å². The molecule has 0 spiro atoms. The van der Waals surface area contributed by atoms with Crippen molar-refractivity contribution in [2.45, 2.75) is 57.7 Å². The molecule has 2 aromatic carbocycles. The third-order valence-corrected chi connectivity index (χ3v) is 6.91. The van der Waals surface area contributed by atoms with Crippen LogP contribution in [0.2, 0.25) is 10.0 Å². The fourth-order valence-electron chi connectivity index (χ4n) is 4.86. The lowest BCUT2D eigenvalue weighted by Gasteiger charge is -2.39. The second kappa shape index (κ2) is 10.8. The van der Waals surface area contributed by atoms with E-state index in [2.05, 4.69) is 36.7 Å². The van der Waals surface area contributed by atoms with E-state index in [9.17, 15) is 9.59 Å². The first-order valence-corrected chi connectivity index (χ1v) is 12.4. The number of carbonyl (C=O) groups is 2. The summed E-state index contributed by atoms with van der Waals surface area (Å²) in [7, 11) is 0. The fourth-order valence-corrected chi connectivity index (χ4v) is 5.17. The van der Waals surface area contributed by atoms with Crippen molar-refractivity contribution in [3.05, 3.63) is 69.5 Å². The van der Waals surface area contributed by atoms with Crippen molar-refractivity contribution in [2.24, 2.45) is 11.1 Å². The molecule has 35 heavy (non-hydrogen) atoms. The average molecular weight is 523 g/mol. The molecule has 1 aliphatic rings. The number of carbonyl (C=O) groups excluding carboxylic acids is 2. The number of hydrogen-bond acceptors (Lipinski definition) is 4. The minimum absolute atomic E-state index is 0.0370. The molecule has 2 amide bonds. The normalized spacial score (nSPS) is 24.3. The Morgan fingerprint density at radius 3 is 2.31 bits per heavy atom. The number of benzene rings is 2. The van der Waals surface area contributed by atoms with Crippen LogP contribution < -0.4 is 21.7 Å². The van der Waals surface area contributed by atoms with Crippen LogP contribution in [0.5, 0.6) is 0 Å². The summed E-state index contributed by atoms with van der Waals surface area (Å²) < 4.78 is 15.5. The van der Waals surface area contributed by atoms with Gasteiger partial charge in [0.25, 0.3) is 0 Å². The van der Waals surface area contributed by atoms with Gasteiger partial charge in [-0.1, -0.05) is 68.2 Å². The van der Waals surface area contributed by atoms with E-state index in [1.807, 2.05) is 12.1 Å². The van der Waals surface area contributed by atoms with Gasteiger partial charge in [-0.05, 0) is 41.2 Å². The minimum atomic E-state index is -1.15. The monoisotopic (exact) mass is 522 g/mol. The van der Waals surface area contributed by atoms with Gasteiger partial charge < -0.3 is 21.7 Å². The molecule has 9 heteroatoms. The predicted octanol–water partition coefficient (Wildman–Crippen LogP) is 4.10. The molecule has 0 aromatic heterocycles. The van der Waals surface area contributed by atoms with Gasteiger partial charge in [0.05, 0.1) is 16.6 Å². The zero-order valence-corrected chi connectivity index (χ0v) is 21.9. The highest BCUT2D eigenvalue weighted by molar-refractivity contribution is 6.31. The molecular formula is C26H33Cl2FN4O2. The molecule has 2 aromatic rings. The van der Waals surface area contributed by atoms with Crippen LogP contribution in [-0.2, 0) is 15.1 Å². The molecular weight excluding hydrogens is 490 g/mol. The standard InChI is InChI=1S/C26H33Cl2FN4O2/c1-15(34)31-12-13-32-24(35)23-21(18-6-5-7-19(28)22(18)29)26(30,16-8-10-17(27)11-9-16)20(33-23)14-25(2,3)4/h5-11,20-21,23,33H,12-14,30H2,1-4H3,(H,31,34)(H,32,35). The highest BCUT2D eigenvalue weighted by Gasteiger charge is 2.57. The zero-order valence-electron chi connectivity index (χ0n) is 20.4. The summed E-state index contributed by atoms with van der Waals surface area (Å²) in [6.07, 6.45) is 0.625. The minimum Gasteiger partial charge on any atom is -0.355 e. The maximum Gasteiger partial charge on any atom is 0.237 e. The van der Waals surface area contributed by atoms with Gasteiger partial charge in [0.2, 0.25) is 11.8 Å². The van der Waals surface area contributed by atoms with Crippen LogP contribution in [0.15, 0.2) is 42.5 Å². The van der Waals surface area contributed by atoms with E-state index < -0.39 is 23.3 Å². The van der Waals surface area contributed by atoms with Crippen molar-refractivity contribution in [1.29, 1.82) is 0 Å². The molecule has 1 heterocycles. The van der Waals surface area contributed by atoms with Crippen molar-refractivity contribution in [3.63, 3.8) is 0 Å². The van der Waals surface area contributed by atoms with Crippen LogP contribution in [0.25, 0.3) is 0 Å². The Morgan fingerprint density at radius 1 is 1.09 bits per heavy atom. The summed E-state index contributed by atoms with van der Waals surface area (Å²) in [5, 5.41) is 9.44. The van der Waals surface area contributed by atoms with Crippen molar-refractivity contribution in [3.8, 4) is 0 Å².